The number of aryl methyl sites for hydroxylation is 2. The number of nitrogens with zero attached hydrogens (tertiary/aromatic N) is 2. The molecule has 0 spiro atoms. The first-order valence-electron chi connectivity index (χ1n) is 12.6. The van der Waals surface area contributed by atoms with E-state index in [0.29, 0.717) is 22.8 Å². The molecule has 0 amide bonds. The Hall–Kier alpha value is -3.58. The Morgan fingerprint density at radius 3 is 0.921 bits per heavy atom. The largest absolute Gasteiger partial charge is 0.313 e. The fourth-order valence-electron chi connectivity index (χ4n) is 4.76. The molecule has 5 rings (SSSR count). The van der Waals surface area contributed by atoms with Gasteiger partial charge in [-0.05, 0) is 13.8 Å². The van der Waals surface area contributed by atoms with Gasteiger partial charge in [-0.2, -0.15) is 0 Å². The summed E-state index contributed by atoms with van der Waals surface area (Å²) >= 11 is 0. The summed E-state index contributed by atoms with van der Waals surface area (Å²) in [5.41, 5.74) is 2.84. The van der Waals surface area contributed by atoms with Crippen LogP contribution in [0.5, 0.6) is 0 Å². The monoisotopic (exact) mass is 536 g/mol. The first-order chi connectivity index (χ1) is 18.4. The number of aromatic nitrogens is 2. The van der Waals surface area contributed by atoms with Crippen LogP contribution in [0.1, 0.15) is 22.8 Å². The summed E-state index contributed by atoms with van der Waals surface area (Å²) in [6.07, 6.45) is 0.548. The number of rotatable bonds is 8. The summed E-state index contributed by atoms with van der Waals surface area (Å²) in [5, 5.41) is 3.19. The molecule has 4 nitrogen and oxygen atoms in total. The second-order valence-corrected chi connectivity index (χ2v) is 15.1. The third-order valence-corrected chi connectivity index (χ3v) is 12.9. The highest BCUT2D eigenvalue weighted by Crippen LogP contribution is 2.49. The zero-order valence-electron chi connectivity index (χ0n) is 21.6. The van der Waals surface area contributed by atoms with Gasteiger partial charge in [0.15, 0.2) is 0 Å². The van der Waals surface area contributed by atoms with Crippen molar-refractivity contribution in [2.75, 3.05) is 0 Å². The van der Waals surface area contributed by atoms with Crippen LogP contribution in [0.15, 0.2) is 121 Å². The van der Waals surface area contributed by atoms with Crippen LogP contribution >= 0.6 is 14.3 Å². The Balaban J connectivity index is 1.55. The minimum absolute atomic E-state index is 0.274. The lowest BCUT2D eigenvalue weighted by Gasteiger charge is -2.22. The fourth-order valence-corrected chi connectivity index (χ4v) is 10.1. The van der Waals surface area contributed by atoms with E-state index < -0.39 is 14.3 Å². The van der Waals surface area contributed by atoms with Crippen LogP contribution in [0.2, 0.25) is 0 Å². The minimum atomic E-state index is -3.00. The lowest BCUT2D eigenvalue weighted by Crippen LogP contribution is -2.20. The van der Waals surface area contributed by atoms with Gasteiger partial charge in [-0.15, -0.1) is 0 Å². The molecular formula is C32H30N2O2P2. The summed E-state index contributed by atoms with van der Waals surface area (Å²) in [7, 11) is -6.00. The lowest BCUT2D eigenvalue weighted by molar-refractivity contribution is 0.584. The maximum Gasteiger partial charge on any atom is 0.149 e. The summed E-state index contributed by atoms with van der Waals surface area (Å²) in [5.74, 6) is 0. The van der Waals surface area contributed by atoms with Gasteiger partial charge in [0.2, 0.25) is 0 Å². The van der Waals surface area contributed by atoms with E-state index in [1.54, 1.807) is 0 Å². The van der Waals surface area contributed by atoms with Crippen LogP contribution in [-0.2, 0) is 21.5 Å². The zero-order valence-corrected chi connectivity index (χ0v) is 23.4. The lowest BCUT2D eigenvalue weighted by atomic mass is 10.3. The van der Waals surface area contributed by atoms with Gasteiger partial charge in [-0.3, -0.25) is 9.97 Å². The van der Waals surface area contributed by atoms with Gasteiger partial charge in [0.25, 0.3) is 0 Å². The van der Waals surface area contributed by atoms with Crippen LogP contribution in [0.4, 0.5) is 0 Å². The van der Waals surface area contributed by atoms with E-state index in [1.807, 2.05) is 135 Å². The molecule has 0 N–H and O–H groups in total. The first-order valence-corrected chi connectivity index (χ1v) is 16.4. The number of hydrogen-bond acceptors (Lipinski definition) is 4. The standard InChI is InChI=1S/C32H30N2O2P2/c1-25-31(23-37(35,27-15-7-3-8-16-27)28-17-9-4-10-18-28)34-26(2)32(33-25)24-38(36,29-19-11-5-12-20-29)30-21-13-6-14-22-30/h3-22H,23-24H2,1-2H3. The van der Waals surface area contributed by atoms with Crippen molar-refractivity contribution in [3.63, 3.8) is 0 Å². The van der Waals surface area contributed by atoms with Gasteiger partial charge in [0.1, 0.15) is 14.3 Å². The van der Waals surface area contributed by atoms with Gasteiger partial charge >= 0.3 is 0 Å². The van der Waals surface area contributed by atoms with Crippen LogP contribution in [0.3, 0.4) is 0 Å². The molecule has 0 fully saturated rings. The number of benzene rings is 4. The van der Waals surface area contributed by atoms with Gasteiger partial charge in [-0.25, -0.2) is 0 Å². The van der Waals surface area contributed by atoms with Crippen molar-refractivity contribution in [3.8, 4) is 0 Å². The molecule has 0 saturated heterocycles. The molecule has 1 heterocycles. The van der Waals surface area contributed by atoms with Crippen LogP contribution < -0.4 is 21.2 Å². The third kappa shape index (κ3) is 5.20. The molecule has 0 aliphatic rings. The van der Waals surface area contributed by atoms with Crippen molar-refractivity contribution in [1.82, 2.24) is 9.97 Å². The predicted molar refractivity (Wildman–Crippen MR) is 158 cm³/mol. The fraction of sp³-hybridized carbons (Fsp3) is 0.125. The molecule has 0 radical (unpaired) electrons. The van der Waals surface area contributed by atoms with Crippen LogP contribution in [0, 0.1) is 13.8 Å². The molecule has 5 aromatic rings. The average molecular weight is 537 g/mol. The summed E-state index contributed by atoms with van der Waals surface area (Å²) in [6, 6.07) is 38.5. The van der Waals surface area contributed by atoms with Gasteiger partial charge in [0.05, 0.1) is 35.1 Å². The average Bonchev–Trinajstić information content (AvgIpc) is 2.97. The second kappa shape index (κ2) is 11.0. The highest BCUT2D eigenvalue weighted by Gasteiger charge is 2.32. The normalized spacial score (nSPS) is 11.8. The Morgan fingerprint density at radius 2 is 0.684 bits per heavy atom. The summed E-state index contributed by atoms with van der Waals surface area (Å²) < 4.78 is 29.2. The summed E-state index contributed by atoms with van der Waals surface area (Å²) in [4.78, 5) is 9.85. The molecule has 38 heavy (non-hydrogen) atoms. The Morgan fingerprint density at radius 1 is 0.447 bits per heavy atom. The maximum atomic E-state index is 14.6. The van der Waals surface area contributed by atoms with E-state index in [9.17, 15) is 9.13 Å². The van der Waals surface area contributed by atoms with Crippen LogP contribution in [-0.4, -0.2) is 9.97 Å². The SMILES string of the molecule is Cc1nc(CP(=O)(c2ccccc2)c2ccccc2)c(C)nc1CP(=O)(c1ccccc1)c1ccccc1. The van der Waals surface area contributed by atoms with E-state index in [0.717, 1.165) is 21.2 Å². The van der Waals surface area contributed by atoms with Crippen molar-refractivity contribution >= 4 is 35.5 Å². The Bertz CT molecular complexity index is 1410. The molecule has 0 aliphatic heterocycles. The highest BCUT2D eigenvalue weighted by molar-refractivity contribution is 7.78. The molecular weight excluding hydrogens is 506 g/mol. The van der Waals surface area contributed by atoms with Crippen molar-refractivity contribution in [2.24, 2.45) is 0 Å². The van der Waals surface area contributed by atoms with E-state index in [2.05, 4.69) is 0 Å². The molecule has 190 valence electrons. The van der Waals surface area contributed by atoms with Crippen molar-refractivity contribution in [3.05, 3.63) is 144 Å². The Labute approximate surface area is 224 Å². The topological polar surface area (TPSA) is 59.9 Å². The summed E-state index contributed by atoms with van der Waals surface area (Å²) in [6.45, 7) is 3.81. The minimum Gasteiger partial charge on any atom is -0.313 e. The molecule has 0 atom stereocenters. The van der Waals surface area contributed by atoms with E-state index in [4.69, 9.17) is 9.97 Å². The number of hydrogen-bond donors (Lipinski definition) is 0. The van der Waals surface area contributed by atoms with Crippen molar-refractivity contribution in [2.45, 2.75) is 26.2 Å². The van der Waals surface area contributed by atoms with Gasteiger partial charge < -0.3 is 9.13 Å². The molecule has 0 bridgehead atoms. The molecule has 0 aliphatic carbocycles. The van der Waals surface area contributed by atoms with E-state index in [-0.39, 0.29) is 12.3 Å². The van der Waals surface area contributed by atoms with Gasteiger partial charge in [-0.1, -0.05) is 121 Å². The maximum absolute atomic E-state index is 14.6. The highest BCUT2D eigenvalue weighted by atomic mass is 31.2. The molecule has 0 saturated carbocycles. The predicted octanol–water partition coefficient (Wildman–Crippen LogP) is 6.12. The molecule has 6 heteroatoms. The van der Waals surface area contributed by atoms with Crippen LogP contribution in [0.25, 0.3) is 0 Å². The quantitative estimate of drug-likeness (QED) is 0.224. The first kappa shape index (κ1) is 26.0. The third-order valence-electron chi connectivity index (χ3n) is 6.88. The van der Waals surface area contributed by atoms with E-state index >= 15 is 0 Å². The smallest absolute Gasteiger partial charge is 0.149 e. The van der Waals surface area contributed by atoms with Crippen molar-refractivity contribution < 1.29 is 9.13 Å². The molecule has 0 unspecified atom stereocenters. The Kier molecular flexibility index (Phi) is 7.56. The van der Waals surface area contributed by atoms with E-state index in [1.165, 1.54) is 0 Å². The van der Waals surface area contributed by atoms with Gasteiger partial charge in [0, 0.05) is 21.2 Å². The van der Waals surface area contributed by atoms with Crippen molar-refractivity contribution in [1.29, 1.82) is 0 Å². The molecule has 4 aromatic carbocycles. The zero-order chi connectivity index (χ0) is 26.6. The molecule has 1 aromatic heterocycles. The second-order valence-electron chi connectivity index (χ2n) is 9.43.